The van der Waals surface area contributed by atoms with Crippen LogP contribution in [0.25, 0.3) is 10.9 Å². The van der Waals surface area contributed by atoms with Crippen molar-refractivity contribution in [3.63, 3.8) is 0 Å². The van der Waals surface area contributed by atoms with Gasteiger partial charge in [0.2, 0.25) is 5.91 Å². The topological polar surface area (TPSA) is 73.2 Å². The maximum atomic E-state index is 12.5. The number of rotatable bonds is 5. The minimum Gasteiger partial charge on any atom is -0.495 e. The van der Waals surface area contributed by atoms with E-state index in [1.54, 1.807) is 50.4 Å². The number of hydrogen-bond acceptors (Lipinski definition) is 5. The molecule has 0 spiro atoms. The number of halogens is 1. The predicted molar refractivity (Wildman–Crippen MR) is 109 cm³/mol. The van der Waals surface area contributed by atoms with Crippen molar-refractivity contribution in [1.82, 2.24) is 9.55 Å². The zero-order valence-electron chi connectivity index (χ0n) is 15.0. The average molecular weight is 404 g/mol. The van der Waals surface area contributed by atoms with Gasteiger partial charge in [-0.05, 0) is 37.3 Å². The number of aromatic nitrogens is 2. The lowest BCUT2D eigenvalue weighted by atomic mass is 10.2. The zero-order valence-corrected chi connectivity index (χ0v) is 16.6. The smallest absolute Gasteiger partial charge is 0.261 e. The van der Waals surface area contributed by atoms with E-state index in [9.17, 15) is 9.59 Å². The summed E-state index contributed by atoms with van der Waals surface area (Å²) in [5.74, 6) is 0.316. The number of carbonyl (C=O) groups excluding carboxylic acids is 1. The fourth-order valence-corrected chi connectivity index (χ4v) is 3.63. The highest BCUT2D eigenvalue weighted by Crippen LogP contribution is 2.28. The van der Waals surface area contributed by atoms with Crippen LogP contribution in [-0.4, -0.2) is 27.8 Å². The van der Waals surface area contributed by atoms with Crippen molar-refractivity contribution in [1.29, 1.82) is 0 Å². The highest BCUT2D eigenvalue weighted by atomic mass is 35.5. The number of amides is 1. The van der Waals surface area contributed by atoms with Crippen LogP contribution in [0.5, 0.6) is 5.75 Å². The molecule has 1 atom stereocenters. The van der Waals surface area contributed by atoms with Gasteiger partial charge in [0, 0.05) is 12.7 Å². The molecule has 140 valence electrons. The van der Waals surface area contributed by atoms with Crippen LogP contribution in [0.2, 0.25) is 5.02 Å². The Kier molecular flexibility index (Phi) is 5.72. The Labute approximate surface area is 165 Å². The van der Waals surface area contributed by atoms with Gasteiger partial charge in [0.15, 0.2) is 5.16 Å². The Morgan fingerprint density at radius 2 is 2.04 bits per heavy atom. The highest BCUT2D eigenvalue weighted by Gasteiger charge is 2.18. The van der Waals surface area contributed by atoms with Crippen LogP contribution in [0.15, 0.2) is 52.4 Å². The number of para-hydroxylation sites is 1. The first-order valence-electron chi connectivity index (χ1n) is 8.17. The third-order valence-electron chi connectivity index (χ3n) is 4.01. The van der Waals surface area contributed by atoms with Crippen molar-refractivity contribution in [3.05, 3.63) is 57.8 Å². The molecule has 6 nitrogen and oxygen atoms in total. The first kappa shape index (κ1) is 19.3. The number of nitrogens with zero attached hydrogens (tertiary/aromatic N) is 2. The molecule has 8 heteroatoms. The van der Waals surface area contributed by atoms with Crippen molar-refractivity contribution in [2.24, 2.45) is 7.05 Å². The second-order valence-electron chi connectivity index (χ2n) is 5.87. The Morgan fingerprint density at radius 3 is 2.74 bits per heavy atom. The summed E-state index contributed by atoms with van der Waals surface area (Å²) in [6.45, 7) is 1.76. The third-order valence-corrected chi connectivity index (χ3v) is 5.45. The van der Waals surface area contributed by atoms with Crippen LogP contribution in [0.3, 0.4) is 0 Å². The summed E-state index contributed by atoms with van der Waals surface area (Å²) in [6.07, 6.45) is 0. The number of fused-ring (bicyclic) bond motifs is 1. The molecule has 0 radical (unpaired) electrons. The lowest BCUT2D eigenvalue weighted by Crippen LogP contribution is -2.25. The molecule has 1 amide bonds. The molecule has 0 saturated carbocycles. The van der Waals surface area contributed by atoms with E-state index in [2.05, 4.69) is 10.3 Å². The van der Waals surface area contributed by atoms with Gasteiger partial charge in [-0.3, -0.25) is 14.2 Å². The van der Waals surface area contributed by atoms with Crippen LogP contribution in [0.1, 0.15) is 6.92 Å². The molecular weight excluding hydrogens is 386 g/mol. The normalized spacial score (nSPS) is 12.0. The highest BCUT2D eigenvalue weighted by molar-refractivity contribution is 8.00. The number of methoxy groups -OCH3 is 1. The second kappa shape index (κ2) is 8.02. The van der Waals surface area contributed by atoms with Gasteiger partial charge in [-0.2, -0.15) is 0 Å². The van der Waals surface area contributed by atoms with Crippen LogP contribution >= 0.6 is 23.4 Å². The zero-order chi connectivity index (χ0) is 19.6. The van der Waals surface area contributed by atoms with E-state index >= 15 is 0 Å². The molecule has 3 aromatic rings. The number of nitrogens with one attached hydrogen (secondary N) is 1. The van der Waals surface area contributed by atoms with E-state index in [0.29, 0.717) is 32.5 Å². The van der Waals surface area contributed by atoms with Crippen LogP contribution < -0.4 is 15.6 Å². The van der Waals surface area contributed by atoms with E-state index in [4.69, 9.17) is 16.3 Å². The number of carbonyl (C=O) groups is 1. The van der Waals surface area contributed by atoms with Crippen LogP contribution in [0, 0.1) is 0 Å². The molecule has 27 heavy (non-hydrogen) atoms. The molecule has 0 saturated heterocycles. The number of thioether (sulfide) groups is 1. The van der Waals surface area contributed by atoms with Crippen molar-refractivity contribution in [2.45, 2.75) is 17.3 Å². The van der Waals surface area contributed by atoms with Crippen molar-refractivity contribution >= 4 is 45.9 Å². The van der Waals surface area contributed by atoms with Gasteiger partial charge in [0.25, 0.3) is 5.56 Å². The molecule has 2 aromatic carbocycles. The van der Waals surface area contributed by atoms with Gasteiger partial charge >= 0.3 is 0 Å². The molecule has 3 rings (SSSR count). The average Bonchev–Trinajstić information content (AvgIpc) is 2.66. The molecule has 1 N–H and O–H groups in total. The minimum atomic E-state index is -0.467. The predicted octanol–water partition coefficient (Wildman–Crippen LogP) is 3.71. The SMILES string of the molecule is COc1ccc(NC(=O)C(C)Sc2nc3ccccc3c(=O)n2C)cc1Cl. The first-order chi connectivity index (χ1) is 12.9. The molecule has 1 unspecified atom stereocenters. The summed E-state index contributed by atoms with van der Waals surface area (Å²) >= 11 is 7.31. The number of hydrogen-bond donors (Lipinski definition) is 1. The molecule has 1 heterocycles. The standard InChI is InChI=1S/C19H18ClN3O3S/c1-11(17(24)21-12-8-9-16(26-3)14(20)10-12)27-19-22-15-7-5-4-6-13(15)18(25)23(19)2/h4-11H,1-3H3,(H,21,24). The van der Waals surface area contributed by atoms with E-state index in [1.165, 1.54) is 23.4 Å². The van der Waals surface area contributed by atoms with Gasteiger partial charge < -0.3 is 10.1 Å². The van der Waals surface area contributed by atoms with E-state index in [1.807, 2.05) is 6.07 Å². The van der Waals surface area contributed by atoms with Crippen LogP contribution in [0.4, 0.5) is 5.69 Å². The summed E-state index contributed by atoms with van der Waals surface area (Å²) in [5.41, 5.74) is 1.04. The monoisotopic (exact) mass is 403 g/mol. The molecule has 0 aliphatic rings. The van der Waals surface area contributed by atoms with Gasteiger partial charge in [-0.25, -0.2) is 4.98 Å². The van der Waals surface area contributed by atoms with Gasteiger partial charge in [0.1, 0.15) is 5.75 Å². The fourth-order valence-electron chi connectivity index (χ4n) is 2.50. The van der Waals surface area contributed by atoms with E-state index < -0.39 is 5.25 Å². The third kappa shape index (κ3) is 4.09. The summed E-state index contributed by atoms with van der Waals surface area (Å²) in [7, 11) is 3.18. The van der Waals surface area contributed by atoms with Crippen molar-refractivity contribution < 1.29 is 9.53 Å². The summed E-state index contributed by atoms with van der Waals surface area (Å²) < 4.78 is 6.56. The minimum absolute atomic E-state index is 0.141. The quantitative estimate of drug-likeness (QED) is 0.519. The lowest BCUT2D eigenvalue weighted by molar-refractivity contribution is -0.115. The molecule has 0 aliphatic carbocycles. The maximum Gasteiger partial charge on any atom is 0.261 e. The Balaban J connectivity index is 1.79. The first-order valence-corrected chi connectivity index (χ1v) is 9.43. The maximum absolute atomic E-state index is 12.5. The molecular formula is C19H18ClN3O3S. The molecule has 0 bridgehead atoms. The molecule has 0 aliphatic heterocycles. The Morgan fingerprint density at radius 1 is 1.30 bits per heavy atom. The van der Waals surface area contributed by atoms with Gasteiger partial charge in [-0.15, -0.1) is 0 Å². The Hall–Kier alpha value is -2.51. The van der Waals surface area contributed by atoms with Gasteiger partial charge in [0.05, 0.1) is 28.3 Å². The van der Waals surface area contributed by atoms with Gasteiger partial charge in [-0.1, -0.05) is 35.5 Å². The Bertz CT molecular complexity index is 1070. The van der Waals surface area contributed by atoms with E-state index in [-0.39, 0.29) is 11.5 Å². The second-order valence-corrected chi connectivity index (χ2v) is 7.59. The van der Waals surface area contributed by atoms with Crippen molar-refractivity contribution in [2.75, 3.05) is 12.4 Å². The molecule has 0 fully saturated rings. The fraction of sp³-hybridized carbons (Fsp3) is 0.211. The van der Waals surface area contributed by atoms with Crippen molar-refractivity contribution in [3.8, 4) is 5.75 Å². The largest absolute Gasteiger partial charge is 0.495 e. The summed E-state index contributed by atoms with van der Waals surface area (Å²) in [6, 6.07) is 12.2. The number of anilines is 1. The summed E-state index contributed by atoms with van der Waals surface area (Å²) in [5, 5.41) is 3.79. The van der Waals surface area contributed by atoms with Crippen LogP contribution in [-0.2, 0) is 11.8 Å². The van der Waals surface area contributed by atoms with E-state index in [0.717, 1.165) is 0 Å². The number of ether oxygens (including phenoxy) is 1. The number of benzene rings is 2. The summed E-state index contributed by atoms with van der Waals surface area (Å²) in [4.78, 5) is 29.5. The lowest BCUT2D eigenvalue weighted by Gasteiger charge is -2.14. The molecule has 1 aromatic heterocycles.